The van der Waals surface area contributed by atoms with Crippen molar-refractivity contribution >= 4 is 0 Å². The number of oxazole rings is 1. The van der Waals surface area contributed by atoms with Gasteiger partial charge in [0.05, 0.1) is 6.20 Å². The topological polar surface area (TPSA) is 58.5 Å². The molecule has 5 nitrogen and oxygen atoms in total. The van der Waals surface area contributed by atoms with Gasteiger partial charge in [-0.05, 0) is 7.05 Å². The number of nitrogens with two attached hydrogens (primary N) is 1. The van der Waals surface area contributed by atoms with E-state index in [0.29, 0.717) is 6.54 Å². The van der Waals surface area contributed by atoms with Crippen molar-refractivity contribution in [3.63, 3.8) is 0 Å². The van der Waals surface area contributed by atoms with E-state index in [0.717, 1.165) is 50.8 Å². The second-order valence-electron chi connectivity index (χ2n) is 5.19. The fourth-order valence-corrected chi connectivity index (χ4v) is 2.11. The van der Waals surface area contributed by atoms with Gasteiger partial charge in [0.15, 0.2) is 5.89 Å². The average molecular weight is 252 g/mol. The molecule has 1 aromatic rings. The van der Waals surface area contributed by atoms with Gasteiger partial charge in [-0.3, -0.25) is 0 Å². The lowest BCUT2D eigenvalue weighted by Crippen LogP contribution is -2.45. The molecule has 0 spiro atoms. The number of piperazine rings is 1. The zero-order valence-corrected chi connectivity index (χ0v) is 11.4. The molecule has 1 saturated heterocycles. The zero-order valence-electron chi connectivity index (χ0n) is 11.4. The van der Waals surface area contributed by atoms with E-state index in [4.69, 9.17) is 10.2 Å². The summed E-state index contributed by atoms with van der Waals surface area (Å²) in [6.45, 7) is 8.29. The van der Waals surface area contributed by atoms with Gasteiger partial charge in [0.2, 0.25) is 0 Å². The first-order chi connectivity index (χ1) is 8.69. The Bertz CT molecular complexity index is 358. The van der Waals surface area contributed by atoms with Crippen LogP contribution in [0, 0.1) is 0 Å². The first-order valence-electron chi connectivity index (χ1n) is 6.74. The van der Waals surface area contributed by atoms with Crippen molar-refractivity contribution in [1.29, 1.82) is 0 Å². The molecule has 2 heterocycles. The smallest absolute Gasteiger partial charge is 0.195 e. The third-order valence-corrected chi connectivity index (χ3v) is 3.65. The highest BCUT2D eigenvalue weighted by atomic mass is 16.4. The van der Waals surface area contributed by atoms with E-state index in [1.807, 2.05) is 6.20 Å². The highest BCUT2D eigenvalue weighted by molar-refractivity contribution is 5.01. The summed E-state index contributed by atoms with van der Waals surface area (Å²) >= 11 is 0. The minimum Gasteiger partial charge on any atom is -0.445 e. The molecule has 0 aliphatic carbocycles. The maximum Gasteiger partial charge on any atom is 0.195 e. The molecular formula is C13H24N4O. The van der Waals surface area contributed by atoms with Gasteiger partial charge in [-0.25, -0.2) is 4.98 Å². The van der Waals surface area contributed by atoms with E-state index in [2.05, 4.69) is 28.8 Å². The molecule has 18 heavy (non-hydrogen) atoms. The monoisotopic (exact) mass is 252 g/mol. The Balaban J connectivity index is 1.78. The van der Waals surface area contributed by atoms with Gasteiger partial charge in [0.1, 0.15) is 5.76 Å². The molecular weight excluding hydrogens is 228 g/mol. The van der Waals surface area contributed by atoms with Crippen molar-refractivity contribution in [3.8, 4) is 0 Å². The molecule has 0 radical (unpaired) electrons. The molecule has 1 atom stereocenters. The van der Waals surface area contributed by atoms with E-state index in [-0.39, 0.29) is 5.92 Å². The summed E-state index contributed by atoms with van der Waals surface area (Å²) in [6, 6.07) is 0. The predicted octanol–water partition coefficient (Wildman–Crippen LogP) is 0.527. The standard InChI is InChI=1S/C13H24N4O/c1-11(9-14)12-10-15-13(18-12)3-4-17-7-5-16(2)6-8-17/h10-11H,3-9,14H2,1-2H3. The molecule has 0 amide bonds. The third kappa shape index (κ3) is 3.54. The van der Waals surface area contributed by atoms with Crippen LogP contribution in [0.3, 0.4) is 0 Å². The maximum absolute atomic E-state index is 5.72. The molecule has 1 aliphatic rings. The molecule has 1 aliphatic heterocycles. The van der Waals surface area contributed by atoms with Crippen molar-refractivity contribution in [2.75, 3.05) is 46.3 Å². The van der Waals surface area contributed by atoms with Crippen molar-refractivity contribution in [2.24, 2.45) is 5.73 Å². The molecule has 1 fully saturated rings. The van der Waals surface area contributed by atoms with Gasteiger partial charge in [-0.1, -0.05) is 6.92 Å². The second-order valence-corrected chi connectivity index (χ2v) is 5.19. The molecule has 0 bridgehead atoms. The summed E-state index contributed by atoms with van der Waals surface area (Å²) in [5, 5.41) is 0. The van der Waals surface area contributed by atoms with E-state index in [1.165, 1.54) is 0 Å². The minimum atomic E-state index is 0.259. The van der Waals surface area contributed by atoms with Gasteiger partial charge in [-0.2, -0.15) is 0 Å². The third-order valence-electron chi connectivity index (χ3n) is 3.65. The Morgan fingerprint density at radius 3 is 2.78 bits per heavy atom. The van der Waals surface area contributed by atoms with Crippen LogP contribution in [-0.2, 0) is 6.42 Å². The molecule has 102 valence electrons. The van der Waals surface area contributed by atoms with Crippen molar-refractivity contribution in [1.82, 2.24) is 14.8 Å². The Labute approximate surface area is 109 Å². The highest BCUT2D eigenvalue weighted by Gasteiger charge is 2.15. The lowest BCUT2D eigenvalue weighted by atomic mass is 10.1. The van der Waals surface area contributed by atoms with Crippen molar-refractivity contribution in [3.05, 3.63) is 17.8 Å². The first kappa shape index (κ1) is 13.5. The number of likely N-dealkylation sites (N-methyl/N-ethyl adjacent to an activating group) is 1. The summed E-state index contributed by atoms with van der Waals surface area (Å²) in [6.07, 6.45) is 2.71. The summed E-state index contributed by atoms with van der Waals surface area (Å²) < 4.78 is 5.72. The molecule has 1 aromatic heterocycles. The van der Waals surface area contributed by atoms with Crippen molar-refractivity contribution < 1.29 is 4.42 Å². The van der Waals surface area contributed by atoms with E-state index in [1.54, 1.807) is 0 Å². The van der Waals surface area contributed by atoms with E-state index in [9.17, 15) is 0 Å². The van der Waals surface area contributed by atoms with Crippen LogP contribution >= 0.6 is 0 Å². The lowest BCUT2D eigenvalue weighted by Gasteiger charge is -2.31. The minimum absolute atomic E-state index is 0.259. The molecule has 1 unspecified atom stereocenters. The SMILES string of the molecule is CC(CN)c1cnc(CCN2CCN(C)CC2)o1. The zero-order chi connectivity index (χ0) is 13.0. The molecule has 5 heteroatoms. The molecule has 2 rings (SSSR count). The quantitative estimate of drug-likeness (QED) is 0.828. The number of hydrogen-bond donors (Lipinski definition) is 1. The molecule has 0 saturated carbocycles. The Hall–Kier alpha value is -0.910. The number of nitrogens with zero attached hydrogens (tertiary/aromatic N) is 3. The van der Waals surface area contributed by atoms with Crippen LogP contribution in [0.25, 0.3) is 0 Å². The average Bonchev–Trinajstić information content (AvgIpc) is 2.86. The van der Waals surface area contributed by atoms with E-state index >= 15 is 0 Å². The second kappa shape index (κ2) is 6.31. The van der Waals surface area contributed by atoms with Crippen LogP contribution in [0.15, 0.2) is 10.6 Å². The fraction of sp³-hybridized carbons (Fsp3) is 0.769. The van der Waals surface area contributed by atoms with Crippen molar-refractivity contribution in [2.45, 2.75) is 19.3 Å². The normalized spacial score (nSPS) is 20.2. The molecule has 0 aromatic carbocycles. The highest BCUT2D eigenvalue weighted by Crippen LogP contribution is 2.15. The van der Waals surface area contributed by atoms with Crippen LogP contribution in [0.2, 0.25) is 0 Å². The van der Waals surface area contributed by atoms with Gasteiger partial charge in [0.25, 0.3) is 0 Å². The predicted molar refractivity (Wildman–Crippen MR) is 71.6 cm³/mol. The van der Waals surface area contributed by atoms with Gasteiger partial charge in [0, 0.05) is 51.6 Å². The van der Waals surface area contributed by atoms with Crippen LogP contribution in [0.1, 0.15) is 24.5 Å². The number of rotatable bonds is 5. The lowest BCUT2D eigenvalue weighted by molar-refractivity contribution is 0.153. The summed E-state index contributed by atoms with van der Waals surface area (Å²) in [4.78, 5) is 9.16. The maximum atomic E-state index is 5.72. The Morgan fingerprint density at radius 2 is 2.11 bits per heavy atom. The number of hydrogen-bond acceptors (Lipinski definition) is 5. The van der Waals surface area contributed by atoms with Crippen LogP contribution in [0.5, 0.6) is 0 Å². The number of aromatic nitrogens is 1. The summed E-state index contributed by atoms with van der Waals surface area (Å²) in [7, 11) is 2.17. The first-order valence-corrected chi connectivity index (χ1v) is 6.74. The van der Waals surface area contributed by atoms with E-state index < -0.39 is 0 Å². The van der Waals surface area contributed by atoms with Gasteiger partial charge >= 0.3 is 0 Å². The van der Waals surface area contributed by atoms with Crippen LogP contribution in [0.4, 0.5) is 0 Å². The summed E-state index contributed by atoms with van der Waals surface area (Å²) in [5.74, 6) is 2.00. The molecule has 2 N–H and O–H groups in total. The fourth-order valence-electron chi connectivity index (χ4n) is 2.11. The van der Waals surface area contributed by atoms with Gasteiger partial charge in [-0.15, -0.1) is 0 Å². The summed E-state index contributed by atoms with van der Waals surface area (Å²) in [5.41, 5.74) is 5.62. The Morgan fingerprint density at radius 1 is 1.39 bits per heavy atom. The van der Waals surface area contributed by atoms with Gasteiger partial charge < -0.3 is 20.0 Å². The largest absolute Gasteiger partial charge is 0.445 e. The Kier molecular flexibility index (Phi) is 4.74. The van der Waals surface area contributed by atoms with Crippen LogP contribution in [-0.4, -0.2) is 61.1 Å². The van der Waals surface area contributed by atoms with Crippen LogP contribution < -0.4 is 5.73 Å².